The SMILES string of the molecule is NC(=O)CCC(N)C(=O)NC(CC(=O)O)C(=O)NC(CC(=O)O)C(=O)NC(Cc1cnc[nH]1)C(=O)O. The van der Waals surface area contributed by atoms with Crippen LogP contribution in [0.25, 0.3) is 0 Å². The summed E-state index contributed by atoms with van der Waals surface area (Å²) in [6, 6.07) is -6.45. The number of carbonyl (C=O) groups excluding carboxylic acids is 4. The van der Waals surface area contributed by atoms with Crippen molar-refractivity contribution in [1.82, 2.24) is 25.9 Å². The van der Waals surface area contributed by atoms with Crippen molar-refractivity contribution in [3.63, 3.8) is 0 Å². The van der Waals surface area contributed by atoms with Crippen molar-refractivity contribution in [3.05, 3.63) is 18.2 Å². The predicted octanol–water partition coefficient (Wildman–Crippen LogP) is -3.97. The number of hydrogen-bond donors (Lipinski definition) is 9. The van der Waals surface area contributed by atoms with Gasteiger partial charge in [0.25, 0.3) is 0 Å². The van der Waals surface area contributed by atoms with Gasteiger partial charge in [0.1, 0.15) is 18.1 Å². The Bertz CT molecular complexity index is 981. The van der Waals surface area contributed by atoms with Crippen LogP contribution < -0.4 is 27.4 Å². The van der Waals surface area contributed by atoms with Crippen LogP contribution in [0.2, 0.25) is 0 Å². The van der Waals surface area contributed by atoms with Gasteiger partial charge in [0.05, 0.1) is 25.2 Å². The first kappa shape index (κ1) is 29.5. The van der Waals surface area contributed by atoms with Crippen molar-refractivity contribution in [2.24, 2.45) is 11.5 Å². The molecule has 0 aliphatic carbocycles. The number of aromatic amines is 1. The molecule has 1 aromatic rings. The van der Waals surface area contributed by atoms with E-state index in [1.807, 2.05) is 5.32 Å². The van der Waals surface area contributed by atoms with Crippen LogP contribution in [-0.2, 0) is 40.0 Å². The Kier molecular flexibility index (Phi) is 11.5. The summed E-state index contributed by atoms with van der Waals surface area (Å²) in [4.78, 5) is 88.7. The zero-order valence-corrected chi connectivity index (χ0v) is 18.8. The number of rotatable bonds is 16. The van der Waals surface area contributed by atoms with Gasteiger partial charge in [0.2, 0.25) is 23.6 Å². The number of carboxylic acids is 3. The number of H-pyrrole nitrogens is 1. The summed E-state index contributed by atoms with van der Waals surface area (Å²) in [5.41, 5.74) is 10.9. The fourth-order valence-corrected chi connectivity index (χ4v) is 2.84. The molecule has 17 nitrogen and oxygen atoms in total. The summed E-state index contributed by atoms with van der Waals surface area (Å²) in [6.45, 7) is 0. The molecule has 0 saturated heterocycles. The average Bonchev–Trinajstić information content (AvgIpc) is 3.28. The van der Waals surface area contributed by atoms with Gasteiger partial charge in [-0.25, -0.2) is 9.78 Å². The van der Waals surface area contributed by atoms with E-state index in [9.17, 15) is 38.7 Å². The number of amides is 4. The number of nitrogens with zero attached hydrogens (tertiary/aromatic N) is 1. The number of aromatic nitrogens is 2. The van der Waals surface area contributed by atoms with E-state index in [0.717, 1.165) is 0 Å². The lowest BCUT2D eigenvalue weighted by molar-refractivity contribution is -0.145. The first-order valence-electron chi connectivity index (χ1n) is 10.4. The van der Waals surface area contributed by atoms with Gasteiger partial charge < -0.3 is 47.7 Å². The molecule has 1 aromatic heterocycles. The number of primary amides is 1. The predicted molar refractivity (Wildman–Crippen MR) is 117 cm³/mol. The molecule has 1 heterocycles. The first-order valence-corrected chi connectivity index (χ1v) is 10.4. The zero-order valence-electron chi connectivity index (χ0n) is 18.8. The van der Waals surface area contributed by atoms with Gasteiger partial charge in [-0.3, -0.25) is 28.8 Å². The third kappa shape index (κ3) is 10.6. The fourth-order valence-electron chi connectivity index (χ4n) is 2.84. The van der Waals surface area contributed by atoms with Crippen LogP contribution in [0, 0.1) is 0 Å². The molecule has 4 atom stereocenters. The van der Waals surface area contributed by atoms with Crippen molar-refractivity contribution < 1.29 is 48.9 Å². The van der Waals surface area contributed by atoms with Crippen LogP contribution >= 0.6 is 0 Å². The van der Waals surface area contributed by atoms with Gasteiger partial charge in [-0.05, 0) is 6.42 Å². The Morgan fingerprint density at radius 3 is 1.78 bits per heavy atom. The average molecular weight is 513 g/mol. The van der Waals surface area contributed by atoms with Crippen molar-refractivity contribution in [1.29, 1.82) is 0 Å². The summed E-state index contributed by atoms with van der Waals surface area (Å²) in [5, 5.41) is 33.8. The molecule has 0 bridgehead atoms. The Labute approximate surface area is 203 Å². The van der Waals surface area contributed by atoms with Crippen LogP contribution in [0.1, 0.15) is 31.4 Å². The smallest absolute Gasteiger partial charge is 0.326 e. The summed E-state index contributed by atoms with van der Waals surface area (Å²) < 4.78 is 0. The topological polar surface area (TPSA) is 297 Å². The second-order valence-corrected chi connectivity index (χ2v) is 7.61. The van der Waals surface area contributed by atoms with Gasteiger partial charge >= 0.3 is 17.9 Å². The van der Waals surface area contributed by atoms with E-state index < -0.39 is 78.5 Å². The van der Waals surface area contributed by atoms with Crippen molar-refractivity contribution >= 4 is 41.5 Å². The molecular weight excluding hydrogens is 486 g/mol. The molecular formula is C19H27N7O10. The van der Waals surface area contributed by atoms with Gasteiger partial charge in [0.15, 0.2) is 0 Å². The molecule has 0 aromatic carbocycles. The largest absolute Gasteiger partial charge is 0.481 e. The second-order valence-electron chi connectivity index (χ2n) is 7.61. The van der Waals surface area contributed by atoms with Gasteiger partial charge in [-0.2, -0.15) is 0 Å². The highest BCUT2D eigenvalue weighted by molar-refractivity contribution is 5.97. The maximum atomic E-state index is 12.7. The minimum Gasteiger partial charge on any atom is -0.481 e. The molecule has 0 spiro atoms. The number of aliphatic carboxylic acids is 3. The highest BCUT2D eigenvalue weighted by Gasteiger charge is 2.32. The quantitative estimate of drug-likeness (QED) is 0.102. The Morgan fingerprint density at radius 2 is 1.36 bits per heavy atom. The van der Waals surface area contributed by atoms with E-state index in [-0.39, 0.29) is 19.3 Å². The number of nitrogens with one attached hydrogen (secondary N) is 4. The monoisotopic (exact) mass is 513 g/mol. The molecule has 4 amide bonds. The van der Waals surface area contributed by atoms with Gasteiger partial charge in [-0.1, -0.05) is 0 Å². The van der Waals surface area contributed by atoms with Crippen molar-refractivity contribution in [2.45, 2.75) is 56.3 Å². The van der Waals surface area contributed by atoms with E-state index >= 15 is 0 Å². The first-order chi connectivity index (χ1) is 16.8. The Balaban J connectivity index is 2.97. The van der Waals surface area contributed by atoms with Crippen LogP contribution in [-0.4, -0.2) is 91.0 Å². The Hall–Kier alpha value is -4.54. The summed E-state index contributed by atoms with van der Waals surface area (Å²) >= 11 is 0. The van der Waals surface area contributed by atoms with E-state index in [1.54, 1.807) is 0 Å². The number of nitrogens with two attached hydrogens (primary N) is 2. The molecule has 0 fully saturated rings. The number of carbonyl (C=O) groups is 7. The summed E-state index contributed by atoms with van der Waals surface area (Å²) in [6.07, 6.45) is -0.0468. The van der Waals surface area contributed by atoms with E-state index in [2.05, 4.69) is 20.6 Å². The van der Waals surface area contributed by atoms with Crippen LogP contribution in [0.15, 0.2) is 12.5 Å². The van der Waals surface area contributed by atoms with E-state index in [0.29, 0.717) is 5.69 Å². The lowest BCUT2D eigenvalue weighted by Gasteiger charge is -2.23. The van der Waals surface area contributed by atoms with E-state index in [1.165, 1.54) is 12.5 Å². The lowest BCUT2D eigenvalue weighted by atomic mass is 10.1. The Morgan fingerprint density at radius 1 is 0.861 bits per heavy atom. The van der Waals surface area contributed by atoms with Crippen LogP contribution in [0.4, 0.5) is 0 Å². The van der Waals surface area contributed by atoms with Crippen molar-refractivity contribution in [3.8, 4) is 0 Å². The number of imidazole rings is 1. The molecule has 0 aliphatic heterocycles. The molecule has 0 radical (unpaired) electrons. The molecule has 4 unspecified atom stereocenters. The summed E-state index contributed by atoms with van der Waals surface area (Å²) in [5.74, 6) is -8.69. The molecule has 0 saturated carbocycles. The van der Waals surface area contributed by atoms with Crippen LogP contribution in [0.3, 0.4) is 0 Å². The molecule has 1 rings (SSSR count). The second kappa shape index (κ2) is 14.0. The summed E-state index contributed by atoms with van der Waals surface area (Å²) in [7, 11) is 0. The lowest BCUT2D eigenvalue weighted by Crippen LogP contribution is -2.58. The number of hydrogen-bond acceptors (Lipinski definition) is 9. The van der Waals surface area contributed by atoms with Crippen LogP contribution in [0.5, 0.6) is 0 Å². The van der Waals surface area contributed by atoms with Gasteiger partial charge in [-0.15, -0.1) is 0 Å². The third-order valence-electron chi connectivity index (χ3n) is 4.66. The van der Waals surface area contributed by atoms with Gasteiger partial charge in [0, 0.05) is 24.7 Å². The third-order valence-corrected chi connectivity index (χ3v) is 4.66. The highest BCUT2D eigenvalue weighted by Crippen LogP contribution is 2.04. The molecule has 11 N–H and O–H groups in total. The molecule has 0 aliphatic rings. The normalized spacial score (nSPS) is 13.9. The maximum absolute atomic E-state index is 12.7. The molecule has 17 heteroatoms. The van der Waals surface area contributed by atoms with Crippen molar-refractivity contribution in [2.75, 3.05) is 0 Å². The standard InChI is InChI=1S/C19H27N7O10/c20-9(1-2-13(21)27)16(32)24-10(4-14(28)29)17(33)25-11(5-15(30)31)18(34)26-12(19(35)36)3-8-6-22-7-23-8/h6-7,9-12H,1-5,20H2,(H2,21,27)(H,22,23)(H,24,32)(H,25,33)(H,26,34)(H,28,29)(H,30,31)(H,35,36). The molecule has 36 heavy (non-hydrogen) atoms. The molecule has 198 valence electrons. The highest BCUT2D eigenvalue weighted by atomic mass is 16.4. The number of carboxylic acid groups (broad SMARTS) is 3. The maximum Gasteiger partial charge on any atom is 0.326 e. The zero-order chi connectivity index (χ0) is 27.4. The minimum atomic E-state index is -1.82. The minimum absolute atomic E-state index is 0.195. The van der Waals surface area contributed by atoms with E-state index in [4.69, 9.17) is 21.7 Å². The fraction of sp³-hybridized carbons (Fsp3) is 0.474.